The summed E-state index contributed by atoms with van der Waals surface area (Å²) in [6.45, 7) is 13.7. The molecule has 0 aromatic heterocycles. The first-order valence-electron chi connectivity index (χ1n) is 7.46. The molecule has 22 heavy (non-hydrogen) atoms. The molecule has 0 aromatic carbocycles. The third kappa shape index (κ3) is 6.88. The Morgan fingerprint density at radius 1 is 1.36 bits per heavy atom. The summed E-state index contributed by atoms with van der Waals surface area (Å²) < 4.78 is 0. The van der Waals surface area contributed by atoms with E-state index in [9.17, 15) is 0 Å². The van der Waals surface area contributed by atoms with Gasteiger partial charge in [0, 0.05) is 18.0 Å². The zero-order valence-electron chi connectivity index (χ0n) is 14.4. The van der Waals surface area contributed by atoms with Crippen LogP contribution in [0.15, 0.2) is 65.2 Å². The fraction of sp³-hybridized carbons (Fsp3) is 0.333. The predicted molar refractivity (Wildman–Crippen MR) is 97.8 cm³/mol. The molecule has 0 saturated heterocycles. The van der Waals surface area contributed by atoms with Gasteiger partial charge in [-0.25, -0.2) is 5.01 Å². The van der Waals surface area contributed by atoms with Gasteiger partial charge in [0.15, 0.2) is 5.84 Å². The number of rotatable bonds is 4. The minimum Gasteiger partial charge on any atom is -0.347 e. The number of allylic oxidation sites excluding steroid dienone is 6. The number of amidine groups is 1. The Balaban J connectivity index is 0.000000433. The van der Waals surface area contributed by atoms with E-state index in [1.165, 1.54) is 10.6 Å². The van der Waals surface area contributed by atoms with E-state index in [1.807, 2.05) is 45.9 Å². The molecular formula is C18H28N4. The standard InChI is InChI=1S/C9H14N4.C9H14/c1-4-8-6-11-7(3)13(9(8)10)12-5-2;1-4-6-8-9(3)7-5-2/h5-6,10-11H,3-4H2,1-2H3;4-8H,1-3H3/b10-9?,12-5-;6-4-,7-5-,9-8-. The van der Waals surface area contributed by atoms with E-state index in [0.717, 1.165) is 12.0 Å². The quantitative estimate of drug-likeness (QED) is 0.583. The van der Waals surface area contributed by atoms with Crippen molar-refractivity contribution >= 4 is 12.1 Å². The van der Waals surface area contributed by atoms with Gasteiger partial charge < -0.3 is 5.32 Å². The monoisotopic (exact) mass is 300 g/mol. The number of nitrogens with zero attached hydrogens (tertiary/aromatic N) is 2. The van der Waals surface area contributed by atoms with Gasteiger partial charge >= 0.3 is 0 Å². The minimum absolute atomic E-state index is 0.393. The van der Waals surface area contributed by atoms with Crippen LogP contribution in [0.25, 0.3) is 0 Å². The van der Waals surface area contributed by atoms with Gasteiger partial charge in [0.1, 0.15) is 5.82 Å². The molecule has 2 N–H and O–H groups in total. The molecular weight excluding hydrogens is 272 g/mol. The Labute approximate surface area is 134 Å². The Morgan fingerprint density at radius 3 is 2.55 bits per heavy atom. The van der Waals surface area contributed by atoms with Crippen LogP contribution in [0.2, 0.25) is 0 Å². The predicted octanol–water partition coefficient (Wildman–Crippen LogP) is 4.72. The molecule has 0 aliphatic carbocycles. The Hall–Kier alpha value is -2.36. The van der Waals surface area contributed by atoms with E-state index >= 15 is 0 Å². The summed E-state index contributed by atoms with van der Waals surface area (Å²) in [7, 11) is 0. The van der Waals surface area contributed by atoms with Gasteiger partial charge in [0.05, 0.1) is 0 Å². The molecule has 120 valence electrons. The van der Waals surface area contributed by atoms with Gasteiger partial charge in [-0.05, 0) is 34.1 Å². The van der Waals surface area contributed by atoms with Crippen LogP contribution in [0.4, 0.5) is 0 Å². The van der Waals surface area contributed by atoms with Crippen LogP contribution >= 0.6 is 0 Å². The average Bonchev–Trinajstić information content (AvgIpc) is 2.50. The Morgan fingerprint density at radius 2 is 2.05 bits per heavy atom. The minimum atomic E-state index is 0.393. The average molecular weight is 300 g/mol. The van der Waals surface area contributed by atoms with E-state index in [1.54, 1.807) is 12.4 Å². The number of nitrogens with one attached hydrogen (secondary N) is 2. The summed E-state index contributed by atoms with van der Waals surface area (Å²) in [6, 6.07) is 0. The van der Waals surface area contributed by atoms with Crippen LogP contribution in [0.3, 0.4) is 0 Å². The molecule has 0 atom stereocenters. The third-order valence-electron chi connectivity index (χ3n) is 2.78. The van der Waals surface area contributed by atoms with E-state index in [-0.39, 0.29) is 0 Å². The van der Waals surface area contributed by atoms with Gasteiger partial charge in [-0.1, -0.05) is 49.5 Å². The Bertz CT molecular complexity index is 519. The van der Waals surface area contributed by atoms with Crippen LogP contribution < -0.4 is 5.32 Å². The highest BCUT2D eigenvalue weighted by Gasteiger charge is 2.18. The van der Waals surface area contributed by atoms with Crippen molar-refractivity contribution in [2.24, 2.45) is 5.10 Å². The van der Waals surface area contributed by atoms with Crippen LogP contribution in [-0.4, -0.2) is 17.1 Å². The van der Waals surface area contributed by atoms with Crippen molar-refractivity contribution in [2.75, 3.05) is 0 Å². The van der Waals surface area contributed by atoms with Gasteiger partial charge in [-0.3, -0.25) is 5.41 Å². The van der Waals surface area contributed by atoms with Crippen molar-refractivity contribution in [2.45, 2.75) is 41.0 Å². The first-order chi connectivity index (χ1) is 10.5. The summed E-state index contributed by atoms with van der Waals surface area (Å²) in [5, 5.41) is 16.3. The van der Waals surface area contributed by atoms with Crippen molar-refractivity contribution in [1.82, 2.24) is 10.3 Å². The second-order valence-corrected chi connectivity index (χ2v) is 4.58. The smallest absolute Gasteiger partial charge is 0.152 e. The lowest BCUT2D eigenvalue weighted by molar-refractivity contribution is 0.505. The maximum absolute atomic E-state index is 7.78. The zero-order chi connectivity index (χ0) is 17.0. The third-order valence-corrected chi connectivity index (χ3v) is 2.78. The van der Waals surface area contributed by atoms with Crippen molar-refractivity contribution < 1.29 is 0 Å². The number of hydrogen-bond acceptors (Lipinski definition) is 3. The molecule has 1 rings (SSSR count). The fourth-order valence-corrected chi connectivity index (χ4v) is 1.65. The van der Waals surface area contributed by atoms with Gasteiger partial charge in [-0.2, -0.15) is 5.10 Å². The number of hydrazone groups is 1. The van der Waals surface area contributed by atoms with Crippen LogP contribution in [-0.2, 0) is 0 Å². The molecule has 1 heterocycles. The summed E-state index contributed by atoms with van der Waals surface area (Å²) >= 11 is 0. The van der Waals surface area contributed by atoms with Gasteiger partial charge in [0.25, 0.3) is 0 Å². The molecule has 0 spiro atoms. The topological polar surface area (TPSA) is 51.5 Å². The van der Waals surface area contributed by atoms with E-state index in [4.69, 9.17) is 5.41 Å². The van der Waals surface area contributed by atoms with Crippen LogP contribution in [0.1, 0.15) is 41.0 Å². The largest absolute Gasteiger partial charge is 0.347 e. The van der Waals surface area contributed by atoms with Crippen molar-refractivity contribution in [3.8, 4) is 0 Å². The second kappa shape index (κ2) is 11.3. The SMILES string of the molecule is C=C1NC=C(CC)C(=N)N1/N=C\C.C\C=C/C=C(C)\C=C/C. The lowest BCUT2D eigenvalue weighted by Gasteiger charge is -2.27. The lowest BCUT2D eigenvalue weighted by Crippen LogP contribution is -2.35. The molecule has 0 saturated carbocycles. The molecule has 0 amide bonds. The second-order valence-electron chi connectivity index (χ2n) is 4.58. The summed E-state index contributed by atoms with van der Waals surface area (Å²) in [6.07, 6.45) is 14.5. The van der Waals surface area contributed by atoms with Gasteiger partial charge in [0.2, 0.25) is 0 Å². The highest BCUT2D eigenvalue weighted by molar-refractivity contribution is 5.97. The molecule has 0 fully saturated rings. The molecule has 0 aromatic rings. The Kier molecular flexibility index (Phi) is 10.1. The molecule has 1 aliphatic heterocycles. The normalized spacial score (nSPS) is 16.1. The first-order valence-corrected chi connectivity index (χ1v) is 7.46. The highest BCUT2D eigenvalue weighted by atomic mass is 15.5. The van der Waals surface area contributed by atoms with Crippen molar-refractivity contribution in [1.29, 1.82) is 5.41 Å². The summed E-state index contributed by atoms with van der Waals surface area (Å²) in [4.78, 5) is 0. The molecule has 1 aliphatic rings. The fourth-order valence-electron chi connectivity index (χ4n) is 1.65. The van der Waals surface area contributed by atoms with E-state index in [2.05, 4.69) is 36.1 Å². The highest BCUT2D eigenvalue weighted by Crippen LogP contribution is 2.14. The number of hydrogen-bond donors (Lipinski definition) is 2. The van der Waals surface area contributed by atoms with Crippen LogP contribution in [0.5, 0.6) is 0 Å². The molecule has 4 heteroatoms. The summed E-state index contributed by atoms with van der Waals surface area (Å²) in [5.41, 5.74) is 2.22. The molecule has 4 nitrogen and oxygen atoms in total. The first kappa shape index (κ1) is 19.6. The molecule has 0 radical (unpaired) electrons. The zero-order valence-corrected chi connectivity index (χ0v) is 14.4. The molecule has 0 unspecified atom stereocenters. The van der Waals surface area contributed by atoms with Crippen molar-refractivity contribution in [3.05, 3.63) is 60.1 Å². The van der Waals surface area contributed by atoms with E-state index in [0.29, 0.717) is 11.7 Å². The lowest BCUT2D eigenvalue weighted by atomic mass is 10.2. The molecule has 0 bridgehead atoms. The maximum atomic E-state index is 7.78. The van der Waals surface area contributed by atoms with Crippen molar-refractivity contribution in [3.63, 3.8) is 0 Å². The van der Waals surface area contributed by atoms with E-state index < -0.39 is 0 Å². The van der Waals surface area contributed by atoms with Crippen LogP contribution in [0, 0.1) is 5.41 Å². The maximum Gasteiger partial charge on any atom is 0.152 e. The summed E-state index contributed by atoms with van der Waals surface area (Å²) in [5.74, 6) is 1.00. The van der Waals surface area contributed by atoms with Gasteiger partial charge in [-0.15, -0.1) is 0 Å².